The Kier molecular flexibility index (Phi) is 27.7. The molecule has 13 atom stereocenters. The van der Waals surface area contributed by atoms with E-state index >= 15 is 9.59 Å². The maximum Gasteiger partial charge on any atom is 0.410 e. The number of primary amides is 1. The number of amides is 8. The predicted octanol–water partition coefficient (Wildman–Crippen LogP) is 6.24. The van der Waals surface area contributed by atoms with Crippen molar-refractivity contribution >= 4 is 88.8 Å². The summed E-state index contributed by atoms with van der Waals surface area (Å²) in [6.07, 6.45) is -12.4. The Morgan fingerprint density at radius 2 is 1.43 bits per heavy atom. The monoisotopic (exact) mass is 1480 g/mol. The molecule has 3 fully saturated rings. The van der Waals surface area contributed by atoms with Gasteiger partial charge in [-0.15, -0.1) is 11.8 Å². The number of nitrogens with two attached hydrogens (primary N) is 1. The van der Waals surface area contributed by atoms with Crippen LogP contribution in [0.1, 0.15) is 143 Å². The number of Topliss-reactive ketones (excluding diaryl/α,β-unsaturated/α-hetero) is 3. The van der Waals surface area contributed by atoms with Crippen molar-refractivity contribution in [3.8, 4) is 0 Å². The Hall–Kier alpha value is -8.97. The fourth-order valence-corrected chi connectivity index (χ4v) is 15.3. The Labute approximate surface area is 615 Å². The number of hydrogen-bond acceptors (Lipinski definition) is 22. The summed E-state index contributed by atoms with van der Waals surface area (Å²) in [5.74, 6) is -8.66. The van der Waals surface area contributed by atoms with Crippen LogP contribution in [0.2, 0.25) is 0 Å². The zero-order valence-corrected chi connectivity index (χ0v) is 62.9. The lowest BCUT2D eigenvalue weighted by atomic mass is 9.42. The Bertz CT molecular complexity index is 3720. The van der Waals surface area contributed by atoms with Crippen LogP contribution in [0.5, 0.6) is 0 Å². The number of likely N-dealkylation sites (N-methyl/N-ethyl adjacent to an activating group) is 2. The smallest absolute Gasteiger partial charge is 0.410 e. The van der Waals surface area contributed by atoms with Gasteiger partial charge in [-0.3, -0.25) is 33.6 Å². The number of urea groups is 1. The predicted molar refractivity (Wildman–Crippen MR) is 384 cm³/mol. The highest BCUT2D eigenvalue weighted by molar-refractivity contribution is 8.00. The number of benzene rings is 3. The number of ether oxygens (including phenoxy) is 6. The van der Waals surface area contributed by atoms with Gasteiger partial charge in [-0.2, -0.15) is 0 Å². The minimum Gasteiger partial charge on any atom is -0.455 e. The van der Waals surface area contributed by atoms with Crippen LogP contribution in [-0.4, -0.2) is 208 Å². The molecule has 0 spiro atoms. The van der Waals surface area contributed by atoms with E-state index in [4.69, 9.17) is 34.2 Å². The fourth-order valence-electron chi connectivity index (χ4n) is 14.4. The van der Waals surface area contributed by atoms with Crippen molar-refractivity contribution in [3.05, 3.63) is 113 Å². The second-order valence-electron chi connectivity index (χ2n) is 29.8. The van der Waals surface area contributed by atoms with E-state index in [9.17, 15) is 63.3 Å². The lowest BCUT2D eigenvalue weighted by Gasteiger charge is -2.68. The summed E-state index contributed by atoms with van der Waals surface area (Å²) in [5, 5.41) is 52.3. The number of aliphatic hydroxyl groups is 3. The normalized spacial score (nSPS) is 24.2. The molecule has 1 heterocycles. The number of ketones is 3. The molecule has 2 bridgehead atoms. The van der Waals surface area contributed by atoms with Crippen LogP contribution in [0.4, 0.5) is 24.9 Å². The highest BCUT2D eigenvalue weighted by Gasteiger charge is 2.77. The summed E-state index contributed by atoms with van der Waals surface area (Å²) in [6, 6.07) is 17.8. The van der Waals surface area contributed by atoms with Gasteiger partial charge in [0.25, 0.3) is 0 Å². The first kappa shape index (κ1) is 83.3. The van der Waals surface area contributed by atoms with Crippen molar-refractivity contribution < 1.29 is 101 Å². The van der Waals surface area contributed by atoms with Gasteiger partial charge in [-0.1, -0.05) is 114 Å². The van der Waals surface area contributed by atoms with Gasteiger partial charge in [-0.05, 0) is 87.8 Å². The number of hydrogen-bond donors (Lipinski definition) is 9. The van der Waals surface area contributed by atoms with Crippen molar-refractivity contribution in [1.82, 2.24) is 31.1 Å². The minimum atomic E-state index is -2.31. The van der Waals surface area contributed by atoms with Gasteiger partial charge in [0.05, 0.1) is 35.2 Å². The molecule has 4 aliphatic rings. The molecular weight excluding hydrogens is 1380 g/mol. The van der Waals surface area contributed by atoms with Crippen molar-refractivity contribution in [2.75, 3.05) is 57.2 Å². The lowest BCUT2D eigenvalue weighted by molar-refractivity contribution is -0.339. The molecule has 3 aromatic carbocycles. The first-order valence-electron chi connectivity index (χ1n) is 35.1. The first-order chi connectivity index (χ1) is 49.2. The quantitative estimate of drug-likeness (QED) is 0.0117. The highest BCUT2D eigenvalue weighted by atomic mass is 32.2. The molecule has 0 aromatic heterocycles. The second kappa shape index (κ2) is 35.0. The largest absolute Gasteiger partial charge is 0.455 e. The van der Waals surface area contributed by atoms with Crippen LogP contribution in [0.15, 0.2) is 96.1 Å². The van der Waals surface area contributed by atoms with Gasteiger partial charge in [0.2, 0.25) is 23.8 Å². The molecule has 0 radical (unpaired) electrons. The number of esters is 2. The lowest BCUT2D eigenvalue weighted by Crippen LogP contribution is -2.80. The molecule has 8 amide bonds. The summed E-state index contributed by atoms with van der Waals surface area (Å²) in [4.78, 5) is 167. The maximum atomic E-state index is 15.5. The third kappa shape index (κ3) is 19.8. The van der Waals surface area contributed by atoms with E-state index in [0.29, 0.717) is 11.3 Å². The van der Waals surface area contributed by atoms with Gasteiger partial charge in [0.15, 0.2) is 17.2 Å². The molecule has 574 valence electrons. The van der Waals surface area contributed by atoms with Crippen LogP contribution < -0.4 is 32.3 Å². The molecule has 1 aliphatic heterocycles. The first-order valence-corrected chi connectivity index (χ1v) is 36.2. The molecule has 30 heteroatoms. The Morgan fingerprint density at radius 1 is 0.810 bits per heavy atom. The highest BCUT2D eigenvalue weighted by Crippen LogP contribution is 2.66. The minimum absolute atomic E-state index is 0.0216. The summed E-state index contributed by atoms with van der Waals surface area (Å²) in [5.41, 5.74) is -2.33. The number of carbonyl (C=O) groups excluding carboxylic acids is 12. The van der Waals surface area contributed by atoms with Gasteiger partial charge in [0, 0.05) is 94.3 Å². The number of fused-ring (bicyclic) bond motifs is 5. The van der Waals surface area contributed by atoms with E-state index in [0.717, 1.165) is 28.5 Å². The van der Waals surface area contributed by atoms with E-state index in [-0.39, 0.29) is 97.6 Å². The summed E-state index contributed by atoms with van der Waals surface area (Å²) >= 11 is 1.12. The number of aliphatic hydroxyl groups excluding tert-OH is 2. The molecule has 2 saturated carbocycles. The molecule has 3 aromatic rings. The molecule has 105 heavy (non-hydrogen) atoms. The van der Waals surface area contributed by atoms with Crippen molar-refractivity contribution in [1.29, 1.82) is 0 Å². The standard InChI is InChI=1S/C75H102N8O21S/c1-41(2)52(86)38-105-39-56(88)80-58(42(3)4)65(92)79-50(26-21-31-77-67(76)94)64(91)78-48-29-27-45(28-30-48)37-99-69(96)82(13)32-33-83(14)70(97)102-61(59(47-24-19-16-20-25-47)81-68(95)104-71(7,8)9)66(93)101-53-36-75(98)49(34-51(85)46-22-17-15-18-23-46)62-73(12,63(90)60(89)57(43(53)5)72(75,10)11)54(87)35-55-74(62,40-100-55)103-44(6)84/h15-20,22-25,27-30,41-42,49-50,53-55,58-62,87,89,98H,21,26,31-40H2,1-14H3,(H,78,91)(H,79,92)(H,80,88)(H,81,95)(H3,76,77,94)/t49-,50-,53-,54-,55+,58-,59-,60+,61+,62-,73+,74-,75+/m0/s1. The van der Waals surface area contributed by atoms with E-state index in [1.165, 1.54) is 40.1 Å². The average molecular weight is 1480 g/mol. The van der Waals surface area contributed by atoms with Crippen LogP contribution in [0.3, 0.4) is 0 Å². The molecule has 1 saturated heterocycles. The number of nitrogens with one attached hydrogen (secondary N) is 5. The summed E-state index contributed by atoms with van der Waals surface area (Å²) in [6.45, 7) is 18.1. The number of thioether (sulfide) groups is 1. The third-order valence-corrected chi connectivity index (χ3v) is 21.2. The summed E-state index contributed by atoms with van der Waals surface area (Å²) < 4.78 is 35.9. The van der Waals surface area contributed by atoms with Crippen LogP contribution >= 0.6 is 11.8 Å². The molecule has 10 N–H and O–H groups in total. The van der Waals surface area contributed by atoms with E-state index < -0.39 is 172 Å². The van der Waals surface area contributed by atoms with Gasteiger partial charge in [-0.25, -0.2) is 24.0 Å². The topological polar surface area (TPSA) is 414 Å². The van der Waals surface area contributed by atoms with Gasteiger partial charge >= 0.3 is 36.2 Å². The zero-order valence-electron chi connectivity index (χ0n) is 62.1. The molecule has 29 nitrogen and oxygen atoms in total. The number of carbonyl (C=O) groups is 12. The number of rotatable bonds is 30. The fraction of sp³-hybridized carbons (Fsp3) is 0.573. The van der Waals surface area contributed by atoms with Crippen LogP contribution in [-0.2, 0) is 68.6 Å². The average Bonchev–Trinajstić information content (AvgIpc) is 0.670. The maximum absolute atomic E-state index is 15.5. The van der Waals surface area contributed by atoms with Gasteiger partial charge < -0.3 is 85.9 Å². The second-order valence-corrected chi connectivity index (χ2v) is 30.8. The summed E-state index contributed by atoms with van der Waals surface area (Å²) in [7, 11) is 2.72. The van der Waals surface area contributed by atoms with Crippen molar-refractivity contribution in [2.24, 2.45) is 40.2 Å². The van der Waals surface area contributed by atoms with E-state index in [1.807, 2.05) is 0 Å². The third-order valence-electron chi connectivity index (χ3n) is 20.2. The molecular formula is C75H102N8O21S. The molecule has 0 unspecified atom stereocenters. The number of nitrogens with zero attached hydrogens (tertiary/aromatic N) is 2. The van der Waals surface area contributed by atoms with E-state index in [2.05, 4.69) is 26.6 Å². The number of anilines is 1. The van der Waals surface area contributed by atoms with Crippen LogP contribution in [0, 0.1) is 34.5 Å². The van der Waals surface area contributed by atoms with Crippen molar-refractivity contribution in [2.45, 2.75) is 187 Å². The van der Waals surface area contributed by atoms with E-state index in [1.54, 1.807) is 135 Å². The van der Waals surface area contributed by atoms with Crippen LogP contribution in [0.25, 0.3) is 0 Å². The SMILES string of the molecule is CC(=O)O[C@@]12CO[C@@H]1C[C@H](O)[C@@]1(C)C(=O)[C@H](O)C3=C(C)[C@@H](OC(=O)[C@H](OC(=O)N(C)CCN(C)C(=O)OCc4ccc(NC(=O)[C@H](CCCNC(N)=O)NC(=O)[C@@H](NC(=O)CSCC(=O)C(C)C)C(C)C)cc4)[C@@H](NC(=O)OC(C)(C)C)c4ccccc4)C[C@@](O)([C@@H](CC(=O)c4ccccc4)[C@H]21)C3(C)C. The molecule has 3 aliphatic carbocycles. The Balaban J connectivity index is 1.09. The molecule has 7 rings (SSSR count). The number of alkyl carbamates (subject to hydrolysis) is 1. The Morgan fingerprint density at radius 3 is 2.00 bits per heavy atom. The van der Waals surface area contributed by atoms with Gasteiger partial charge in [0.1, 0.15) is 54.4 Å². The zero-order chi connectivity index (χ0) is 77.8. The van der Waals surface area contributed by atoms with Crippen molar-refractivity contribution in [3.63, 3.8) is 0 Å².